The second-order valence-electron chi connectivity index (χ2n) is 7.02. The molecule has 0 aliphatic carbocycles. The first-order chi connectivity index (χ1) is 13.1. The van der Waals surface area contributed by atoms with Gasteiger partial charge in [0, 0.05) is 18.1 Å². The third kappa shape index (κ3) is 5.17. The van der Waals surface area contributed by atoms with E-state index in [1.54, 1.807) is 36.9 Å². The van der Waals surface area contributed by atoms with Gasteiger partial charge in [-0.15, -0.1) is 0 Å². The number of hydrogen-bond acceptors (Lipinski definition) is 5. The van der Waals surface area contributed by atoms with Crippen LogP contribution in [0.3, 0.4) is 0 Å². The number of piperidine rings is 1. The Morgan fingerprint density at radius 2 is 1.93 bits per heavy atom. The first-order valence-electron chi connectivity index (χ1n) is 9.27. The number of aryl methyl sites for hydroxylation is 1. The predicted molar refractivity (Wildman–Crippen MR) is 109 cm³/mol. The van der Waals surface area contributed by atoms with E-state index in [0.29, 0.717) is 43.2 Å². The van der Waals surface area contributed by atoms with E-state index in [9.17, 15) is 18.0 Å². The first-order valence-corrected chi connectivity index (χ1v) is 11.5. The molecule has 156 valence electrons. The number of benzene rings is 1. The lowest BCUT2D eigenvalue weighted by molar-refractivity contribution is -0.151. The molecule has 1 heterocycles. The van der Waals surface area contributed by atoms with Crippen LogP contribution in [-0.2, 0) is 24.3 Å². The summed E-state index contributed by atoms with van der Waals surface area (Å²) < 4.78 is 31.0. The van der Waals surface area contributed by atoms with Crippen LogP contribution in [0.4, 0.5) is 5.69 Å². The van der Waals surface area contributed by atoms with Crippen molar-refractivity contribution >= 4 is 39.2 Å². The van der Waals surface area contributed by atoms with Gasteiger partial charge in [0.15, 0.2) is 0 Å². The minimum Gasteiger partial charge on any atom is -0.466 e. The van der Waals surface area contributed by atoms with Crippen LogP contribution in [0.15, 0.2) is 18.2 Å². The lowest BCUT2D eigenvalue weighted by Crippen LogP contribution is -2.51. The fourth-order valence-electron chi connectivity index (χ4n) is 3.38. The average Bonchev–Trinajstić information content (AvgIpc) is 2.63. The minimum absolute atomic E-state index is 0.221. The number of anilines is 1. The maximum absolute atomic E-state index is 13.0. The molecule has 9 heteroatoms. The standard InChI is InChI=1S/C19H27ClN2O5S/c1-5-27-19(24)15-8-10-21(11-9-15)18(23)14(3)22(28(4,25)26)16-7-6-13(2)17(20)12-16/h6-7,12,14-15H,5,8-11H2,1-4H3. The zero-order chi connectivity index (χ0) is 21.1. The van der Waals surface area contributed by atoms with Gasteiger partial charge in [-0.05, 0) is 51.3 Å². The molecule has 2 rings (SSSR count). The van der Waals surface area contributed by atoms with Crippen LogP contribution in [0.2, 0.25) is 5.02 Å². The molecule has 1 fully saturated rings. The zero-order valence-electron chi connectivity index (χ0n) is 16.6. The van der Waals surface area contributed by atoms with Crippen molar-refractivity contribution in [1.82, 2.24) is 4.90 Å². The van der Waals surface area contributed by atoms with Crippen LogP contribution >= 0.6 is 11.6 Å². The molecule has 1 aromatic carbocycles. The summed E-state index contributed by atoms with van der Waals surface area (Å²) >= 11 is 6.15. The van der Waals surface area contributed by atoms with Gasteiger partial charge in [0.05, 0.1) is 24.5 Å². The van der Waals surface area contributed by atoms with Gasteiger partial charge in [-0.2, -0.15) is 0 Å². The second kappa shape index (κ2) is 9.13. The molecule has 1 aliphatic heterocycles. The number of ether oxygens (including phenoxy) is 1. The molecular weight excluding hydrogens is 404 g/mol. The van der Waals surface area contributed by atoms with Crippen LogP contribution in [0.25, 0.3) is 0 Å². The lowest BCUT2D eigenvalue weighted by Gasteiger charge is -2.36. The summed E-state index contributed by atoms with van der Waals surface area (Å²) in [5.74, 6) is -0.764. The van der Waals surface area contributed by atoms with Gasteiger partial charge in [0.1, 0.15) is 6.04 Å². The van der Waals surface area contributed by atoms with Crippen LogP contribution in [-0.4, -0.2) is 57.2 Å². The number of sulfonamides is 1. The quantitative estimate of drug-likeness (QED) is 0.647. The van der Waals surface area contributed by atoms with Crippen molar-refractivity contribution in [2.45, 2.75) is 39.7 Å². The van der Waals surface area contributed by atoms with E-state index in [-0.39, 0.29) is 17.8 Å². The Balaban J connectivity index is 2.17. The Bertz CT molecular complexity index is 835. The summed E-state index contributed by atoms with van der Waals surface area (Å²) in [5.41, 5.74) is 1.17. The van der Waals surface area contributed by atoms with E-state index in [2.05, 4.69) is 0 Å². The number of carbonyl (C=O) groups is 2. The summed E-state index contributed by atoms with van der Waals surface area (Å²) in [4.78, 5) is 26.5. The Hall–Kier alpha value is -1.80. The molecular formula is C19H27ClN2O5S. The zero-order valence-corrected chi connectivity index (χ0v) is 18.2. The number of esters is 1. The molecule has 0 radical (unpaired) electrons. The smallest absolute Gasteiger partial charge is 0.309 e. The van der Waals surface area contributed by atoms with Crippen LogP contribution in [0.5, 0.6) is 0 Å². The average molecular weight is 431 g/mol. The van der Waals surface area contributed by atoms with Gasteiger partial charge >= 0.3 is 5.97 Å². The van der Waals surface area contributed by atoms with Crippen molar-refractivity contribution in [3.8, 4) is 0 Å². The van der Waals surface area contributed by atoms with Crippen LogP contribution in [0.1, 0.15) is 32.3 Å². The fraction of sp³-hybridized carbons (Fsp3) is 0.579. The fourth-order valence-corrected chi connectivity index (χ4v) is 4.72. The predicted octanol–water partition coefficient (Wildman–Crippen LogP) is 2.60. The molecule has 0 bridgehead atoms. The number of rotatable bonds is 6. The molecule has 1 aliphatic rings. The molecule has 0 spiro atoms. The molecule has 0 N–H and O–H groups in total. The first kappa shape index (κ1) is 22.5. The van der Waals surface area contributed by atoms with E-state index in [0.717, 1.165) is 16.1 Å². The number of halogens is 1. The molecule has 1 unspecified atom stereocenters. The van der Waals surface area contributed by atoms with Crippen molar-refractivity contribution in [2.24, 2.45) is 5.92 Å². The maximum Gasteiger partial charge on any atom is 0.309 e. The van der Waals surface area contributed by atoms with Gasteiger partial charge in [0.25, 0.3) is 0 Å². The van der Waals surface area contributed by atoms with E-state index >= 15 is 0 Å². The van der Waals surface area contributed by atoms with E-state index in [1.165, 1.54) is 0 Å². The van der Waals surface area contributed by atoms with Gasteiger partial charge in [-0.25, -0.2) is 8.42 Å². The number of amides is 1. The second-order valence-corrected chi connectivity index (χ2v) is 9.29. The molecule has 7 nitrogen and oxygen atoms in total. The van der Waals surface area contributed by atoms with E-state index in [1.807, 2.05) is 6.92 Å². The Labute approximate surface area is 171 Å². The normalized spacial score (nSPS) is 16.5. The van der Waals surface area contributed by atoms with Gasteiger partial charge in [-0.3, -0.25) is 13.9 Å². The van der Waals surface area contributed by atoms with Crippen LogP contribution < -0.4 is 4.31 Å². The SMILES string of the molecule is CCOC(=O)C1CCN(C(=O)C(C)N(c2ccc(C)c(Cl)c2)S(C)(=O)=O)CC1. The highest BCUT2D eigenvalue weighted by Gasteiger charge is 2.35. The number of likely N-dealkylation sites (tertiary alicyclic amines) is 1. The lowest BCUT2D eigenvalue weighted by atomic mass is 9.96. The summed E-state index contributed by atoms with van der Waals surface area (Å²) in [6, 6.07) is 3.99. The molecule has 0 aromatic heterocycles. The van der Waals surface area contributed by atoms with Gasteiger partial charge in [0.2, 0.25) is 15.9 Å². The summed E-state index contributed by atoms with van der Waals surface area (Å²) in [6.07, 6.45) is 2.08. The molecule has 1 aromatic rings. The highest BCUT2D eigenvalue weighted by Crippen LogP contribution is 2.28. The van der Waals surface area contributed by atoms with E-state index < -0.39 is 16.1 Å². The largest absolute Gasteiger partial charge is 0.466 e. The summed E-state index contributed by atoms with van der Waals surface area (Å²) in [7, 11) is -3.71. The Morgan fingerprint density at radius 1 is 1.32 bits per heavy atom. The van der Waals surface area contributed by atoms with Gasteiger partial charge in [-0.1, -0.05) is 17.7 Å². The van der Waals surface area contributed by atoms with Crippen molar-refractivity contribution in [1.29, 1.82) is 0 Å². The van der Waals surface area contributed by atoms with Crippen LogP contribution in [0, 0.1) is 12.8 Å². The highest BCUT2D eigenvalue weighted by atomic mass is 35.5. The van der Waals surface area contributed by atoms with E-state index in [4.69, 9.17) is 16.3 Å². The van der Waals surface area contributed by atoms with Gasteiger partial charge < -0.3 is 9.64 Å². The van der Waals surface area contributed by atoms with Crippen molar-refractivity contribution in [3.05, 3.63) is 28.8 Å². The van der Waals surface area contributed by atoms with Crippen molar-refractivity contribution in [3.63, 3.8) is 0 Å². The van der Waals surface area contributed by atoms with Crippen molar-refractivity contribution < 1.29 is 22.7 Å². The topological polar surface area (TPSA) is 84.0 Å². The molecule has 28 heavy (non-hydrogen) atoms. The molecule has 0 saturated carbocycles. The third-order valence-electron chi connectivity index (χ3n) is 4.90. The number of carbonyl (C=O) groups excluding carboxylic acids is 2. The molecule has 1 saturated heterocycles. The number of hydrogen-bond donors (Lipinski definition) is 0. The maximum atomic E-state index is 13.0. The Kier molecular flexibility index (Phi) is 7.33. The minimum atomic E-state index is -3.71. The monoisotopic (exact) mass is 430 g/mol. The summed E-state index contributed by atoms with van der Waals surface area (Å²) in [6.45, 7) is 6.25. The number of nitrogens with zero attached hydrogens (tertiary/aromatic N) is 2. The molecule has 1 atom stereocenters. The Morgan fingerprint density at radius 3 is 2.43 bits per heavy atom. The molecule has 1 amide bonds. The van der Waals surface area contributed by atoms with Crippen molar-refractivity contribution in [2.75, 3.05) is 30.3 Å². The highest BCUT2D eigenvalue weighted by molar-refractivity contribution is 7.92. The summed E-state index contributed by atoms with van der Waals surface area (Å²) in [5, 5.41) is 0.432. The third-order valence-corrected chi connectivity index (χ3v) is 6.55.